The van der Waals surface area contributed by atoms with Crippen LogP contribution in [0.1, 0.15) is 126 Å². The van der Waals surface area contributed by atoms with Gasteiger partial charge in [0.25, 0.3) is 0 Å². The van der Waals surface area contributed by atoms with Gasteiger partial charge in [-0.2, -0.15) is 0 Å². The molecule has 1 fully saturated rings. The van der Waals surface area contributed by atoms with E-state index in [4.69, 9.17) is 36.6 Å². The van der Waals surface area contributed by atoms with Crippen LogP contribution in [0.3, 0.4) is 0 Å². The first-order valence-corrected chi connectivity index (χ1v) is 26.5. The highest BCUT2D eigenvalue weighted by Crippen LogP contribution is 2.73. The fourth-order valence-corrected chi connectivity index (χ4v) is 13.1. The Kier molecular flexibility index (Phi) is 12.2. The van der Waals surface area contributed by atoms with E-state index in [0.717, 1.165) is 50.1 Å². The number of ether oxygens (including phenoxy) is 2. The predicted molar refractivity (Wildman–Crippen MR) is 286 cm³/mol. The standard InChI is InChI=1S/C61H64O8P2/c1-56(2,3)42-33-49(57(4,5)6)55-52(34-42)64-70(67-55)65-53-45(35-43(62-12)37-50(53)58(7,8)9)46-36-44(63-13)38-51-54(46)66-71-68-60(39-25-17-14-18-26-39,40-27-19-15-20-28-40)61(69-71,41-29-21-16-22-30-41)48-32-24-23-31-47(48)59(51,10)11/h14-38H,1-13H3. The van der Waals surface area contributed by atoms with Crippen LogP contribution in [0.5, 0.6) is 34.5 Å². The molecule has 7 aromatic rings. The molecule has 3 aliphatic heterocycles. The Bertz CT molecular complexity index is 3080. The molecule has 10 rings (SSSR count). The molecule has 8 nitrogen and oxygen atoms in total. The smallest absolute Gasteiger partial charge is 0.497 e. The first-order chi connectivity index (χ1) is 33.7. The topological polar surface area (TPSA) is 73.8 Å². The molecule has 0 radical (unpaired) electrons. The Balaban J connectivity index is 1.24. The molecule has 0 saturated carbocycles. The highest BCUT2D eigenvalue weighted by Gasteiger charge is 2.68. The Morgan fingerprint density at radius 3 is 1.51 bits per heavy atom. The number of hydrogen-bond acceptors (Lipinski definition) is 8. The summed E-state index contributed by atoms with van der Waals surface area (Å²) in [6.45, 7) is 24.2. The number of fused-ring (bicyclic) bond motifs is 6. The van der Waals surface area contributed by atoms with E-state index >= 15 is 0 Å². The Morgan fingerprint density at radius 2 is 0.958 bits per heavy atom. The van der Waals surface area contributed by atoms with Crippen LogP contribution in [0.25, 0.3) is 11.1 Å². The van der Waals surface area contributed by atoms with Gasteiger partial charge in [0.2, 0.25) is 0 Å². The van der Waals surface area contributed by atoms with Gasteiger partial charge < -0.3 is 27.6 Å². The van der Waals surface area contributed by atoms with Gasteiger partial charge in [0.1, 0.15) is 23.0 Å². The summed E-state index contributed by atoms with van der Waals surface area (Å²) in [6.07, 6.45) is 0. The van der Waals surface area contributed by atoms with E-state index in [0.29, 0.717) is 45.6 Å². The van der Waals surface area contributed by atoms with Crippen LogP contribution >= 0.6 is 17.2 Å². The number of rotatable bonds is 8. The minimum absolute atomic E-state index is 0.125. The minimum atomic E-state index is -2.22. The fourth-order valence-electron chi connectivity index (χ4n) is 10.4. The lowest BCUT2D eigenvalue weighted by atomic mass is 9.62. The van der Waals surface area contributed by atoms with E-state index in [9.17, 15) is 0 Å². The summed E-state index contributed by atoms with van der Waals surface area (Å²) in [7, 11) is -0.828. The van der Waals surface area contributed by atoms with Gasteiger partial charge in [-0.25, -0.2) is 0 Å². The summed E-state index contributed by atoms with van der Waals surface area (Å²) < 4.78 is 56.3. The van der Waals surface area contributed by atoms with Gasteiger partial charge in [0.15, 0.2) is 22.7 Å². The van der Waals surface area contributed by atoms with Crippen LogP contribution in [0.2, 0.25) is 0 Å². The van der Waals surface area contributed by atoms with E-state index in [2.05, 4.69) is 191 Å². The first-order valence-electron chi connectivity index (χ1n) is 24.3. The van der Waals surface area contributed by atoms with Crippen molar-refractivity contribution < 1.29 is 36.6 Å². The zero-order valence-corrected chi connectivity index (χ0v) is 44.9. The summed E-state index contributed by atoms with van der Waals surface area (Å²) in [6, 6.07) is 52.4. The molecule has 3 atom stereocenters. The summed E-state index contributed by atoms with van der Waals surface area (Å²) in [5.41, 5.74) is 6.09. The second-order valence-corrected chi connectivity index (χ2v) is 24.3. The van der Waals surface area contributed by atoms with Crippen molar-refractivity contribution >= 4 is 17.2 Å². The summed E-state index contributed by atoms with van der Waals surface area (Å²) in [5.74, 6) is 3.79. The van der Waals surface area contributed by atoms with Crippen molar-refractivity contribution in [3.63, 3.8) is 0 Å². The van der Waals surface area contributed by atoms with Gasteiger partial charge in [-0.05, 0) is 80.0 Å². The van der Waals surface area contributed by atoms with Gasteiger partial charge in [0, 0.05) is 33.2 Å². The third-order valence-electron chi connectivity index (χ3n) is 14.2. The first kappa shape index (κ1) is 48.7. The average Bonchev–Trinajstić information content (AvgIpc) is 3.93. The van der Waals surface area contributed by atoms with E-state index in [1.807, 2.05) is 36.4 Å². The number of benzene rings is 7. The maximum absolute atomic E-state index is 7.77. The lowest BCUT2D eigenvalue weighted by molar-refractivity contribution is 0.00259. The third kappa shape index (κ3) is 8.16. The summed E-state index contributed by atoms with van der Waals surface area (Å²) >= 11 is 0. The molecule has 2 bridgehead atoms. The quantitative estimate of drug-likeness (QED) is 0.139. The van der Waals surface area contributed by atoms with Gasteiger partial charge in [-0.3, -0.25) is 9.05 Å². The van der Waals surface area contributed by atoms with Crippen LogP contribution in [0.15, 0.2) is 152 Å². The van der Waals surface area contributed by atoms with Gasteiger partial charge in [0.05, 0.1) is 14.2 Å². The zero-order valence-electron chi connectivity index (χ0n) is 43.1. The van der Waals surface area contributed by atoms with Crippen molar-refractivity contribution in [1.29, 1.82) is 0 Å². The molecule has 0 amide bonds. The molecule has 1 saturated heterocycles. The third-order valence-corrected chi connectivity index (χ3v) is 16.4. The minimum Gasteiger partial charge on any atom is -0.497 e. The molecule has 71 heavy (non-hydrogen) atoms. The predicted octanol–water partition coefficient (Wildman–Crippen LogP) is 16.5. The molecule has 0 aliphatic carbocycles. The molecule has 0 spiro atoms. The van der Waals surface area contributed by atoms with Crippen molar-refractivity contribution in [3.8, 4) is 45.6 Å². The molecule has 0 N–H and O–H groups in total. The van der Waals surface area contributed by atoms with Crippen molar-refractivity contribution in [1.82, 2.24) is 0 Å². The zero-order chi connectivity index (χ0) is 50.3. The Morgan fingerprint density at radius 1 is 0.451 bits per heavy atom. The molecular weight excluding hydrogens is 923 g/mol. The molecule has 10 heteroatoms. The lowest BCUT2D eigenvalue weighted by Gasteiger charge is -2.46. The van der Waals surface area contributed by atoms with E-state index < -0.39 is 39.2 Å². The number of methoxy groups -OCH3 is 2. The monoisotopic (exact) mass is 986 g/mol. The van der Waals surface area contributed by atoms with E-state index in [1.165, 1.54) is 0 Å². The second kappa shape index (κ2) is 17.7. The number of hydrogen-bond donors (Lipinski definition) is 0. The molecule has 3 aliphatic rings. The normalized spacial score (nSPS) is 19.8. The molecule has 0 aromatic heterocycles. The second-order valence-electron chi connectivity index (χ2n) is 22.3. The highest BCUT2D eigenvalue weighted by molar-refractivity contribution is 7.43. The van der Waals surface area contributed by atoms with Crippen molar-refractivity contribution in [2.45, 2.75) is 109 Å². The Labute approximate surface area is 422 Å². The lowest BCUT2D eigenvalue weighted by Crippen LogP contribution is -2.50. The fraction of sp³-hybridized carbons (Fsp3) is 0.311. The maximum Gasteiger partial charge on any atom is 0.530 e. The maximum atomic E-state index is 7.77. The van der Waals surface area contributed by atoms with Crippen molar-refractivity contribution in [3.05, 3.63) is 202 Å². The van der Waals surface area contributed by atoms with Crippen LogP contribution in [0, 0.1) is 0 Å². The average molecular weight is 987 g/mol. The van der Waals surface area contributed by atoms with E-state index in [-0.39, 0.29) is 10.8 Å². The van der Waals surface area contributed by atoms with E-state index in [1.54, 1.807) is 14.2 Å². The molecule has 7 aromatic carbocycles. The van der Waals surface area contributed by atoms with Gasteiger partial charge in [-0.1, -0.05) is 197 Å². The highest BCUT2D eigenvalue weighted by atomic mass is 31.2. The Hall–Kier alpha value is -5.88. The summed E-state index contributed by atoms with van der Waals surface area (Å²) in [5, 5.41) is 0. The molecule has 3 unspecified atom stereocenters. The largest absolute Gasteiger partial charge is 0.530 e. The molecular formula is C61H64O8P2. The van der Waals surface area contributed by atoms with Crippen LogP contribution < -0.4 is 27.6 Å². The molecule has 3 heterocycles. The summed E-state index contributed by atoms with van der Waals surface area (Å²) in [4.78, 5) is 0. The van der Waals surface area contributed by atoms with Crippen LogP contribution in [0.4, 0.5) is 0 Å². The van der Waals surface area contributed by atoms with Crippen LogP contribution in [-0.2, 0) is 41.9 Å². The molecule has 366 valence electrons. The van der Waals surface area contributed by atoms with Crippen molar-refractivity contribution in [2.24, 2.45) is 0 Å². The van der Waals surface area contributed by atoms with Crippen LogP contribution in [-0.4, -0.2) is 14.2 Å². The van der Waals surface area contributed by atoms with Gasteiger partial charge >= 0.3 is 17.2 Å². The van der Waals surface area contributed by atoms with Gasteiger partial charge in [-0.15, -0.1) is 0 Å². The SMILES string of the molecule is COc1cc(-c2cc(OC)cc3c2OP2OC(c4ccccc4)(c4ccccc4)C(c4ccccc4)(O2)c2ccccc2C3(C)C)c(OP2Oc3cc(C(C)(C)C)cc(C(C)(C)C)c3O2)c(C(C)(C)C)c1. The van der Waals surface area contributed by atoms with Crippen molar-refractivity contribution in [2.75, 3.05) is 14.2 Å².